The average Bonchev–Trinajstić information content (AvgIpc) is 3.47. The molecule has 0 saturated heterocycles. The second kappa shape index (κ2) is 12.2. The van der Waals surface area contributed by atoms with Gasteiger partial charge in [-0.15, -0.1) is 0 Å². The molecule has 0 spiro atoms. The van der Waals surface area contributed by atoms with Crippen LogP contribution in [-0.4, -0.2) is 35.2 Å². The third kappa shape index (κ3) is 6.20. The van der Waals surface area contributed by atoms with E-state index < -0.39 is 17.2 Å². The highest BCUT2D eigenvalue weighted by Gasteiger charge is 2.19. The number of anilines is 1. The van der Waals surface area contributed by atoms with Gasteiger partial charge in [0.05, 0.1) is 37.9 Å². The number of ether oxygens (including phenoxy) is 2. The molecule has 2 aromatic heterocycles. The summed E-state index contributed by atoms with van der Waals surface area (Å²) < 4.78 is 18.0. The second-order valence-electron chi connectivity index (χ2n) is 8.76. The number of methoxy groups -OCH3 is 2. The molecular weight excluding hydrogens is 504 g/mol. The molecular formula is C28H30N4O7. The maximum absolute atomic E-state index is 13.5. The minimum absolute atomic E-state index is 0.134. The zero-order valence-corrected chi connectivity index (χ0v) is 22.0. The summed E-state index contributed by atoms with van der Waals surface area (Å²) in [5, 5.41) is 5.64. The smallest absolute Gasteiger partial charge is 0.331 e. The molecule has 0 radical (unpaired) electrons. The molecule has 0 aliphatic heterocycles. The topological polar surface area (TPSA) is 134 Å². The standard InChI is InChI=1S/C28H30N4O7/c1-4-18-7-5-8-19(13-18)30-26(34)17-32-22-15-24(38-3)23(37-2)14-21(22)27(35)31(28(32)36)11-10-25(33)29-16-20-9-6-12-39-20/h5-9,12-15H,4,10-11,16-17H2,1-3H3,(H,29,33)(H,30,34). The van der Waals surface area contributed by atoms with Crippen LogP contribution in [0.1, 0.15) is 24.7 Å². The van der Waals surface area contributed by atoms with Crippen LogP contribution in [0, 0.1) is 0 Å². The van der Waals surface area contributed by atoms with Crippen LogP contribution in [0.25, 0.3) is 10.9 Å². The van der Waals surface area contributed by atoms with Gasteiger partial charge in [0.25, 0.3) is 5.56 Å². The van der Waals surface area contributed by atoms with Crippen molar-refractivity contribution < 1.29 is 23.5 Å². The van der Waals surface area contributed by atoms with Gasteiger partial charge in [0.2, 0.25) is 11.8 Å². The van der Waals surface area contributed by atoms with E-state index in [0.717, 1.165) is 16.6 Å². The third-order valence-corrected chi connectivity index (χ3v) is 6.25. The molecule has 2 heterocycles. The number of hydrogen-bond donors (Lipinski definition) is 2. The first kappa shape index (κ1) is 27.2. The van der Waals surface area contributed by atoms with Crippen LogP contribution in [0.4, 0.5) is 5.69 Å². The molecule has 0 fully saturated rings. The maximum Gasteiger partial charge on any atom is 0.331 e. The van der Waals surface area contributed by atoms with Gasteiger partial charge in [-0.05, 0) is 42.3 Å². The molecule has 2 aromatic carbocycles. The molecule has 204 valence electrons. The summed E-state index contributed by atoms with van der Waals surface area (Å²) in [5.74, 6) is 0.331. The lowest BCUT2D eigenvalue weighted by Crippen LogP contribution is -2.42. The van der Waals surface area contributed by atoms with E-state index >= 15 is 0 Å². The zero-order chi connectivity index (χ0) is 27.9. The quantitative estimate of drug-likeness (QED) is 0.302. The van der Waals surface area contributed by atoms with Gasteiger partial charge >= 0.3 is 5.69 Å². The largest absolute Gasteiger partial charge is 0.493 e. The average molecular weight is 535 g/mol. The minimum Gasteiger partial charge on any atom is -0.493 e. The van der Waals surface area contributed by atoms with Crippen LogP contribution < -0.4 is 31.4 Å². The Hall–Kier alpha value is -4.80. The van der Waals surface area contributed by atoms with E-state index in [2.05, 4.69) is 10.6 Å². The Bertz CT molecular complexity index is 1600. The van der Waals surface area contributed by atoms with Crippen molar-refractivity contribution in [1.29, 1.82) is 0 Å². The summed E-state index contributed by atoms with van der Waals surface area (Å²) in [5.41, 5.74) is 0.514. The SMILES string of the molecule is CCc1cccc(NC(=O)Cn2c(=O)n(CCC(=O)NCc3ccco3)c(=O)c3cc(OC)c(OC)cc32)c1. The number of aromatic nitrogens is 2. The molecule has 4 aromatic rings. The van der Waals surface area contributed by atoms with E-state index in [4.69, 9.17) is 13.9 Å². The van der Waals surface area contributed by atoms with Crippen LogP contribution in [0.5, 0.6) is 11.5 Å². The number of carbonyl (C=O) groups is 2. The molecule has 11 heteroatoms. The fraction of sp³-hybridized carbons (Fsp3) is 0.286. The van der Waals surface area contributed by atoms with Gasteiger partial charge in [-0.25, -0.2) is 4.79 Å². The van der Waals surface area contributed by atoms with Crippen molar-refractivity contribution in [3.8, 4) is 11.5 Å². The number of nitrogens with zero attached hydrogens (tertiary/aromatic N) is 2. The fourth-order valence-corrected chi connectivity index (χ4v) is 4.21. The number of hydrogen-bond acceptors (Lipinski definition) is 7. The monoisotopic (exact) mass is 534 g/mol. The lowest BCUT2D eigenvalue weighted by atomic mass is 10.1. The van der Waals surface area contributed by atoms with Gasteiger partial charge < -0.3 is 24.5 Å². The molecule has 2 N–H and O–H groups in total. The van der Waals surface area contributed by atoms with Gasteiger partial charge in [-0.1, -0.05) is 19.1 Å². The van der Waals surface area contributed by atoms with Gasteiger partial charge in [-0.2, -0.15) is 0 Å². The Morgan fingerprint density at radius 3 is 2.41 bits per heavy atom. The number of furan rings is 1. The number of rotatable bonds is 11. The van der Waals surface area contributed by atoms with Crippen molar-refractivity contribution in [2.24, 2.45) is 0 Å². The van der Waals surface area contributed by atoms with Crippen molar-refractivity contribution in [2.75, 3.05) is 19.5 Å². The number of aryl methyl sites for hydroxylation is 1. The number of fused-ring (bicyclic) bond motifs is 1. The summed E-state index contributed by atoms with van der Waals surface area (Å²) in [6.07, 6.45) is 2.17. The van der Waals surface area contributed by atoms with Crippen molar-refractivity contribution >= 4 is 28.4 Å². The van der Waals surface area contributed by atoms with Crippen molar-refractivity contribution in [2.45, 2.75) is 39.4 Å². The predicted molar refractivity (Wildman–Crippen MR) is 145 cm³/mol. The van der Waals surface area contributed by atoms with E-state index in [-0.39, 0.29) is 48.6 Å². The highest BCUT2D eigenvalue weighted by molar-refractivity contribution is 5.92. The highest BCUT2D eigenvalue weighted by Crippen LogP contribution is 2.30. The number of carbonyl (C=O) groups excluding carboxylic acids is 2. The first-order valence-electron chi connectivity index (χ1n) is 12.4. The summed E-state index contributed by atoms with van der Waals surface area (Å²) in [4.78, 5) is 52.4. The Morgan fingerprint density at radius 1 is 0.949 bits per heavy atom. The fourth-order valence-electron chi connectivity index (χ4n) is 4.21. The predicted octanol–water partition coefficient (Wildman–Crippen LogP) is 2.68. The van der Waals surface area contributed by atoms with E-state index in [1.165, 1.54) is 37.2 Å². The van der Waals surface area contributed by atoms with E-state index in [0.29, 0.717) is 17.2 Å². The first-order valence-corrected chi connectivity index (χ1v) is 12.4. The normalized spacial score (nSPS) is 10.8. The van der Waals surface area contributed by atoms with Crippen LogP contribution in [0.15, 0.2) is 68.8 Å². The van der Waals surface area contributed by atoms with Crippen molar-refractivity contribution in [1.82, 2.24) is 14.5 Å². The Morgan fingerprint density at radius 2 is 1.72 bits per heavy atom. The van der Waals surface area contributed by atoms with E-state index in [9.17, 15) is 19.2 Å². The van der Waals surface area contributed by atoms with Crippen LogP contribution >= 0.6 is 0 Å². The molecule has 39 heavy (non-hydrogen) atoms. The molecule has 11 nitrogen and oxygen atoms in total. The van der Waals surface area contributed by atoms with Gasteiger partial charge in [-0.3, -0.25) is 23.5 Å². The van der Waals surface area contributed by atoms with E-state index in [1.807, 2.05) is 25.1 Å². The maximum atomic E-state index is 13.5. The Balaban J connectivity index is 1.67. The molecule has 0 unspecified atom stereocenters. The minimum atomic E-state index is -0.726. The molecule has 0 aliphatic carbocycles. The second-order valence-corrected chi connectivity index (χ2v) is 8.76. The van der Waals surface area contributed by atoms with Crippen molar-refractivity contribution in [3.63, 3.8) is 0 Å². The summed E-state index contributed by atoms with van der Waals surface area (Å²) in [7, 11) is 2.86. The third-order valence-electron chi connectivity index (χ3n) is 6.25. The molecule has 2 amide bonds. The van der Waals surface area contributed by atoms with Crippen molar-refractivity contribution in [3.05, 3.63) is 87.0 Å². The number of amides is 2. The van der Waals surface area contributed by atoms with E-state index in [1.54, 1.807) is 18.2 Å². The molecule has 4 rings (SSSR count). The lowest BCUT2D eigenvalue weighted by molar-refractivity contribution is -0.121. The number of benzene rings is 2. The first-order chi connectivity index (χ1) is 18.8. The van der Waals surface area contributed by atoms with Crippen LogP contribution in [0.3, 0.4) is 0 Å². The molecule has 0 saturated carbocycles. The Kier molecular flexibility index (Phi) is 8.50. The lowest BCUT2D eigenvalue weighted by Gasteiger charge is -2.16. The molecule has 0 aliphatic rings. The molecule has 0 atom stereocenters. The van der Waals surface area contributed by atoms with Crippen LogP contribution in [-0.2, 0) is 35.6 Å². The number of nitrogens with one attached hydrogen (secondary N) is 2. The van der Waals surface area contributed by atoms with Crippen LogP contribution in [0.2, 0.25) is 0 Å². The van der Waals surface area contributed by atoms with Gasteiger partial charge in [0.1, 0.15) is 12.3 Å². The summed E-state index contributed by atoms with van der Waals surface area (Å²) in [6, 6.07) is 13.8. The zero-order valence-electron chi connectivity index (χ0n) is 22.0. The summed E-state index contributed by atoms with van der Waals surface area (Å²) in [6.45, 7) is 1.63. The van der Waals surface area contributed by atoms with Gasteiger partial charge in [0.15, 0.2) is 11.5 Å². The van der Waals surface area contributed by atoms with Gasteiger partial charge in [0, 0.05) is 24.7 Å². The molecule has 0 bridgehead atoms. The Labute approximate surface area is 224 Å². The highest BCUT2D eigenvalue weighted by atomic mass is 16.5. The summed E-state index contributed by atoms with van der Waals surface area (Å²) >= 11 is 0.